The van der Waals surface area contributed by atoms with Gasteiger partial charge in [0.05, 0.1) is 6.61 Å². The Hall–Kier alpha value is -1.81. The fraction of sp³-hybridized carbons (Fsp3) is 0.357. The molecule has 0 unspecified atom stereocenters. The number of hydrogen-bond acceptors (Lipinski definition) is 3. The van der Waals surface area contributed by atoms with Gasteiger partial charge in [-0.3, -0.25) is 4.79 Å². The van der Waals surface area contributed by atoms with Crippen LogP contribution in [0, 0.1) is 6.92 Å². The highest BCUT2D eigenvalue weighted by molar-refractivity contribution is 5.96. The lowest BCUT2D eigenvalue weighted by Crippen LogP contribution is -2.33. The number of carbonyl (C=O) groups is 1. The summed E-state index contributed by atoms with van der Waals surface area (Å²) >= 11 is 0. The molecule has 0 atom stereocenters. The summed E-state index contributed by atoms with van der Waals surface area (Å²) in [6, 6.07) is 7.55. The van der Waals surface area contributed by atoms with Gasteiger partial charge in [0.2, 0.25) is 0 Å². The molecule has 0 aliphatic rings. The first-order chi connectivity index (χ1) is 8.65. The molecule has 0 radical (unpaired) electrons. The molecule has 18 heavy (non-hydrogen) atoms. The van der Waals surface area contributed by atoms with Crippen LogP contribution < -0.4 is 0 Å². The molecule has 0 fully saturated rings. The first-order valence-electron chi connectivity index (χ1n) is 6.06. The third-order valence-corrected chi connectivity index (χ3v) is 2.92. The van der Waals surface area contributed by atoms with Gasteiger partial charge in [-0.15, -0.1) is 0 Å². The Morgan fingerprint density at radius 2 is 2.17 bits per heavy atom. The number of hydrogen-bond donors (Lipinski definition) is 1. The third-order valence-electron chi connectivity index (χ3n) is 2.92. The maximum Gasteiger partial charge on any atom is 0.289 e. The van der Waals surface area contributed by atoms with Gasteiger partial charge in [-0.2, -0.15) is 0 Å². The van der Waals surface area contributed by atoms with Gasteiger partial charge in [-0.05, 0) is 32.0 Å². The highest BCUT2D eigenvalue weighted by Crippen LogP contribution is 2.21. The molecule has 2 aromatic rings. The first-order valence-corrected chi connectivity index (χ1v) is 6.06. The second-order valence-corrected chi connectivity index (χ2v) is 4.26. The molecule has 1 N–H and O–H groups in total. The van der Waals surface area contributed by atoms with Gasteiger partial charge in [0.1, 0.15) is 5.58 Å². The van der Waals surface area contributed by atoms with E-state index < -0.39 is 0 Å². The number of rotatable bonds is 4. The van der Waals surface area contributed by atoms with Gasteiger partial charge >= 0.3 is 0 Å². The molecular formula is C14H17NO3. The molecule has 0 saturated heterocycles. The highest BCUT2D eigenvalue weighted by atomic mass is 16.3. The van der Waals surface area contributed by atoms with E-state index in [2.05, 4.69) is 0 Å². The SMILES string of the molecule is CCN(CCO)C(=O)c1cc2cc(C)ccc2o1. The second kappa shape index (κ2) is 5.23. The minimum atomic E-state index is -0.180. The predicted octanol–water partition coefficient (Wildman–Crippen LogP) is 2.20. The molecule has 1 amide bonds. The van der Waals surface area contributed by atoms with Crippen LogP contribution in [0.3, 0.4) is 0 Å². The van der Waals surface area contributed by atoms with Crippen LogP contribution in [0.15, 0.2) is 28.7 Å². The zero-order valence-corrected chi connectivity index (χ0v) is 10.6. The number of fused-ring (bicyclic) bond motifs is 1. The van der Waals surface area contributed by atoms with Crippen molar-refractivity contribution in [3.8, 4) is 0 Å². The quantitative estimate of drug-likeness (QED) is 0.901. The molecule has 0 bridgehead atoms. The average Bonchev–Trinajstić information content (AvgIpc) is 2.77. The minimum Gasteiger partial charge on any atom is -0.451 e. The van der Waals surface area contributed by atoms with Gasteiger partial charge in [0, 0.05) is 18.5 Å². The molecule has 2 rings (SSSR count). The minimum absolute atomic E-state index is 0.0427. The van der Waals surface area contributed by atoms with Crippen LogP contribution in [-0.2, 0) is 0 Å². The van der Waals surface area contributed by atoms with Crippen molar-refractivity contribution in [1.82, 2.24) is 4.90 Å². The lowest BCUT2D eigenvalue weighted by Gasteiger charge is -2.17. The van der Waals surface area contributed by atoms with Crippen LogP contribution in [0.1, 0.15) is 23.0 Å². The van der Waals surface area contributed by atoms with Crippen LogP contribution in [-0.4, -0.2) is 35.6 Å². The lowest BCUT2D eigenvalue weighted by molar-refractivity contribution is 0.0702. The van der Waals surface area contributed by atoms with Gasteiger partial charge in [0.25, 0.3) is 5.91 Å². The molecule has 0 aliphatic heterocycles. The molecular weight excluding hydrogens is 230 g/mol. The van der Waals surface area contributed by atoms with Crippen molar-refractivity contribution in [1.29, 1.82) is 0 Å². The van der Waals surface area contributed by atoms with Gasteiger partial charge < -0.3 is 14.4 Å². The monoisotopic (exact) mass is 247 g/mol. The maximum atomic E-state index is 12.1. The summed E-state index contributed by atoms with van der Waals surface area (Å²) in [5.74, 6) is 0.145. The number of amides is 1. The summed E-state index contributed by atoms with van der Waals surface area (Å²) < 4.78 is 5.54. The molecule has 0 aliphatic carbocycles. The van der Waals surface area contributed by atoms with Crippen molar-refractivity contribution < 1.29 is 14.3 Å². The number of furan rings is 1. The van der Waals surface area contributed by atoms with Crippen molar-refractivity contribution in [2.75, 3.05) is 19.7 Å². The zero-order chi connectivity index (χ0) is 13.1. The Morgan fingerprint density at radius 1 is 1.39 bits per heavy atom. The smallest absolute Gasteiger partial charge is 0.289 e. The molecule has 0 saturated carbocycles. The number of likely N-dealkylation sites (N-methyl/N-ethyl adjacent to an activating group) is 1. The summed E-state index contributed by atoms with van der Waals surface area (Å²) in [4.78, 5) is 13.7. The Balaban J connectivity index is 2.32. The Kier molecular flexibility index (Phi) is 3.67. The number of carbonyl (C=O) groups excluding carboxylic acids is 1. The number of aliphatic hydroxyl groups excluding tert-OH is 1. The Labute approximate surface area is 106 Å². The van der Waals surface area contributed by atoms with Crippen LogP contribution in [0.2, 0.25) is 0 Å². The average molecular weight is 247 g/mol. The topological polar surface area (TPSA) is 53.7 Å². The number of aryl methyl sites for hydroxylation is 1. The molecule has 1 aromatic carbocycles. The maximum absolute atomic E-state index is 12.1. The summed E-state index contributed by atoms with van der Waals surface area (Å²) in [5, 5.41) is 9.84. The number of benzene rings is 1. The fourth-order valence-corrected chi connectivity index (χ4v) is 1.95. The van der Waals surface area contributed by atoms with E-state index in [0.717, 1.165) is 10.9 Å². The lowest BCUT2D eigenvalue weighted by atomic mass is 10.2. The van der Waals surface area contributed by atoms with E-state index in [1.807, 2.05) is 32.0 Å². The van der Waals surface area contributed by atoms with Crippen LogP contribution >= 0.6 is 0 Å². The predicted molar refractivity (Wildman–Crippen MR) is 69.6 cm³/mol. The summed E-state index contributed by atoms with van der Waals surface area (Å²) in [7, 11) is 0. The van der Waals surface area contributed by atoms with E-state index >= 15 is 0 Å². The van der Waals surface area contributed by atoms with E-state index in [1.54, 1.807) is 11.0 Å². The Bertz CT molecular complexity index is 559. The van der Waals surface area contributed by atoms with Crippen LogP contribution in [0.4, 0.5) is 0 Å². The van der Waals surface area contributed by atoms with Crippen molar-refractivity contribution in [2.45, 2.75) is 13.8 Å². The van der Waals surface area contributed by atoms with E-state index in [1.165, 1.54) is 0 Å². The van der Waals surface area contributed by atoms with Gasteiger partial charge in [-0.1, -0.05) is 11.6 Å². The van der Waals surface area contributed by atoms with Gasteiger partial charge in [-0.25, -0.2) is 0 Å². The normalized spacial score (nSPS) is 10.8. The molecule has 1 aromatic heterocycles. The molecule has 0 spiro atoms. The Morgan fingerprint density at radius 3 is 2.83 bits per heavy atom. The summed E-state index contributed by atoms with van der Waals surface area (Å²) in [5.41, 5.74) is 1.84. The molecule has 1 heterocycles. The van der Waals surface area contributed by atoms with E-state index in [9.17, 15) is 4.79 Å². The van der Waals surface area contributed by atoms with Gasteiger partial charge in [0.15, 0.2) is 5.76 Å². The van der Waals surface area contributed by atoms with Crippen LogP contribution in [0.25, 0.3) is 11.0 Å². The molecule has 4 heteroatoms. The molecule has 4 nitrogen and oxygen atoms in total. The van der Waals surface area contributed by atoms with E-state index in [4.69, 9.17) is 9.52 Å². The van der Waals surface area contributed by atoms with E-state index in [-0.39, 0.29) is 12.5 Å². The van der Waals surface area contributed by atoms with Crippen molar-refractivity contribution >= 4 is 16.9 Å². The standard InChI is InChI=1S/C14H17NO3/c1-3-15(6-7-16)14(17)13-9-11-8-10(2)4-5-12(11)18-13/h4-5,8-9,16H,3,6-7H2,1-2H3. The summed E-state index contributed by atoms with van der Waals surface area (Å²) in [6.07, 6.45) is 0. The van der Waals surface area contributed by atoms with Crippen molar-refractivity contribution in [3.05, 3.63) is 35.6 Å². The summed E-state index contributed by atoms with van der Waals surface area (Å²) in [6.45, 7) is 4.71. The third kappa shape index (κ3) is 2.38. The fourth-order valence-electron chi connectivity index (χ4n) is 1.95. The largest absolute Gasteiger partial charge is 0.451 e. The molecule has 96 valence electrons. The zero-order valence-electron chi connectivity index (χ0n) is 10.6. The second-order valence-electron chi connectivity index (χ2n) is 4.26. The first kappa shape index (κ1) is 12.6. The number of nitrogens with zero attached hydrogens (tertiary/aromatic N) is 1. The van der Waals surface area contributed by atoms with Crippen LogP contribution in [0.5, 0.6) is 0 Å². The highest BCUT2D eigenvalue weighted by Gasteiger charge is 2.18. The van der Waals surface area contributed by atoms with E-state index in [0.29, 0.717) is 24.4 Å². The van der Waals surface area contributed by atoms with Crippen molar-refractivity contribution in [3.63, 3.8) is 0 Å². The number of aliphatic hydroxyl groups is 1. The van der Waals surface area contributed by atoms with Crippen molar-refractivity contribution in [2.24, 2.45) is 0 Å².